The summed E-state index contributed by atoms with van der Waals surface area (Å²) in [5, 5.41) is 3.31. The molecule has 0 spiro atoms. The lowest BCUT2D eigenvalue weighted by Crippen LogP contribution is -2.44. The first-order valence-corrected chi connectivity index (χ1v) is 5.80. The van der Waals surface area contributed by atoms with Crippen LogP contribution in [-0.2, 0) is 4.79 Å². The van der Waals surface area contributed by atoms with Gasteiger partial charge >= 0.3 is 0 Å². The van der Waals surface area contributed by atoms with E-state index in [1.165, 1.54) is 12.8 Å². The van der Waals surface area contributed by atoms with E-state index in [0.29, 0.717) is 11.9 Å². The van der Waals surface area contributed by atoms with Crippen LogP contribution >= 0.6 is 0 Å². The SMILES string of the molecule is CC1CCCN1C(=O)C1CCCNC1. The molecule has 1 N–H and O–H groups in total. The van der Waals surface area contributed by atoms with E-state index in [0.717, 1.165) is 32.5 Å². The molecule has 0 aromatic rings. The second kappa shape index (κ2) is 4.30. The third kappa shape index (κ3) is 1.92. The van der Waals surface area contributed by atoms with Crippen molar-refractivity contribution >= 4 is 5.91 Å². The van der Waals surface area contributed by atoms with E-state index in [-0.39, 0.29) is 5.92 Å². The van der Waals surface area contributed by atoms with Crippen molar-refractivity contribution in [1.29, 1.82) is 0 Å². The van der Waals surface area contributed by atoms with Gasteiger partial charge in [-0.05, 0) is 39.2 Å². The zero-order valence-corrected chi connectivity index (χ0v) is 8.96. The zero-order valence-electron chi connectivity index (χ0n) is 8.96. The molecule has 0 aromatic heterocycles. The van der Waals surface area contributed by atoms with Crippen molar-refractivity contribution in [2.75, 3.05) is 19.6 Å². The maximum Gasteiger partial charge on any atom is 0.227 e. The lowest BCUT2D eigenvalue weighted by atomic mass is 9.98. The Bertz CT molecular complexity index is 211. The number of nitrogens with zero attached hydrogens (tertiary/aromatic N) is 1. The molecule has 2 fully saturated rings. The highest BCUT2D eigenvalue weighted by atomic mass is 16.2. The minimum atomic E-state index is 0.254. The van der Waals surface area contributed by atoms with Gasteiger partial charge in [-0.15, -0.1) is 0 Å². The monoisotopic (exact) mass is 196 g/mol. The van der Waals surface area contributed by atoms with Gasteiger partial charge in [0.05, 0.1) is 5.92 Å². The van der Waals surface area contributed by atoms with Gasteiger partial charge in [0.2, 0.25) is 5.91 Å². The molecular formula is C11H20N2O. The summed E-state index contributed by atoms with van der Waals surface area (Å²) in [6, 6.07) is 0.476. The fraction of sp³-hybridized carbons (Fsp3) is 0.909. The first-order valence-electron chi connectivity index (χ1n) is 5.80. The molecule has 0 saturated carbocycles. The summed E-state index contributed by atoms with van der Waals surface area (Å²) in [6.07, 6.45) is 4.60. The van der Waals surface area contributed by atoms with Crippen molar-refractivity contribution < 1.29 is 4.79 Å². The lowest BCUT2D eigenvalue weighted by Gasteiger charge is -2.29. The molecule has 2 unspecified atom stereocenters. The maximum absolute atomic E-state index is 12.1. The van der Waals surface area contributed by atoms with Gasteiger partial charge in [0.15, 0.2) is 0 Å². The van der Waals surface area contributed by atoms with E-state index in [4.69, 9.17) is 0 Å². The topological polar surface area (TPSA) is 32.3 Å². The van der Waals surface area contributed by atoms with Gasteiger partial charge in [0.25, 0.3) is 0 Å². The van der Waals surface area contributed by atoms with Crippen LogP contribution in [0.4, 0.5) is 0 Å². The van der Waals surface area contributed by atoms with E-state index in [9.17, 15) is 4.79 Å². The van der Waals surface area contributed by atoms with Gasteiger partial charge in [-0.1, -0.05) is 0 Å². The number of hydrogen-bond acceptors (Lipinski definition) is 2. The van der Waals surface area contributed by atoms with E-state index in [1.807, 2.05) is 0 Å². The molecule has 2 rings (SSSR count). The standard InChI is InChI=1S/C11H20N2O/c1-9-4-3-7-13(9)11(14)10-5-2-6-12-8-10/h9-10,12H,2-8H2,1H3. The molecule has 2 heterocycles. The van der Waals surface area contributed by atoms with E-state index < -0.39 is 0 Å². The van der Waals surface area contributed by atoms with Crippen LogP contribution in [0.15, 0.2) is 0 Å². The highest BCUT2D eigenvalue weighted by Crippen LogP contribution is 2.21. The number of hydrogen-bond donors (Lipinski definition) is 1. The van der Waals surface area contributed by atoms with Crippen molar-refractivity contribution in [2.24, 2.45) is 5.92 Å². The predicted octanol–water partition coefficient (Wildman–Crippen LogP) is 0.997. The number of carbonyl (C=O) groups is 1. The fourth-order valence-electron chi connectivity index (χ4n) is 2.56. The van der Waals surface area contributed by atoms with Crippen LogP contribution in [0, 0.1) is 5.92 Å². The van der Waals surface area contributed by atoms with Crippen molar-refractivity contribution in [3.63, 3.8) is 0 Å². The number of amides is 1. The average Bonchev–Trinajstić information content (AvgIpc) is 2.65. The Kier molecular flexibility index (Phi) is 3.06. The first-order chi connectivity index (χ1) is 6.79. The lowest BCUT2D eigenvalue weighted by molar-refractivity contribution is -0.136. The van der Waals surface area contributed by atoms with Gasteiger partial charge in [-0.2, -0.15) is 0 Å². The van der Waals surface area contributed by atoms with Crippen molar-refractivity contribution in [2.45, 2.75) is 38.6 Å². The summed E-state index contributed by atoms with van der Waals surface area (Å²) in [6.45, 7) is 5.12. The second-order valence-corrected chi connectivity index (χ2v) is 4.57. The third-order valence-corrected chi connectivity index (χ3v) is 3.48. The van der Waals surface area contributed by atoms with Crippen molar-refractivity contribution in [3.8, 4) is 0 Å². The Balaban J connectivity index is 1.92. The number of carbonyl (C=O) groups excluding carboxylic acids is 1. The summed E-state index contributed by atoms with van der Waals surface area (Å²) >= 11 is 0. The van der Waals surface area contributed by atoms with Crippen LogP contribution in [0.25, 0.3) is 0 Å². The molecule has 2 saturated heterocycles. The third-order valence-electron chi connectivity index (χ3n) is 3.48. The smallest absolute Gasteiger partial charge is 0.227 e. The molecule has 0 aromatic carbocycles. The molecule has 14 heavy (non-hydrogen) atoms. The van der Waals surface area contributed by atoms with Crippen molar-refractivity contribution in [3.05, 3.63) is 0 Å². The summed E-state index contributed by atoms with van der Waals surface area (Å²) < 4.78 is 0. The van der Waals surface area contributed by atoms with Crippen LogP contribution in [0.3, 0.4) is 0 Å². The molecular weight excluding hydrogens is 176 g/mol. The summed E-state index contributed by atoms with van der Waals surface area (Å²) in [5.74, 6) is 0.645. The normalized spacial score (nSPS) is 33.4. The predicted molar refractivity (Wildman–Crippen MR) is 56.0 cm³/mol. The molecule has 2 aliphatic heterocycles. The zero-order chi connectivity index (χ0) is 9.97. The Hall–Kier alpha value is -0.570. The minimum Gasteiger partial charge on any atom is -0.340 e. The molecule has 0 bridgehead atoms. The Morgan fingerprint density at radius 3 is 2.79 bits per heavy atom. The summed E-state index contributed by atoms with van der Waals surface area (Å²) in [5.41, 5.74) is 0. The minimum absolute atomic E-state index is 0.254. The van der Waals surface area contributed by atoms with Crippen LogP contribution in [0.5, 0.6) is 0 Å². The Labute approximate surface area is 85.8 Å². The van der Waals surface area contributed by atoms with Gasteiger partial charge in [-0.3, -0.25) is 4.79 Å². The van der Waals surface area contributed by atoms with E-state index in [1.54, 1.807) is 0 Å². The molecule has 3 nitrogen and oxygen atoms in total. The molecule has 3 heteroatoms. The molecule has 0 radical (unpaired) electrons. The number of rotatable bonds is 1. The van der Waals surface area contributed by atoms with Gasteiger partial charge in [0.1, 0.15) is 0 Å². The Morgan fingerprint density at radius 2 is 2.21 bits per heavy atom. The van der Waals surface area contributed by atoms with Gasteiger partial charge in [-0.25, -0.2) is 0 Å². The summed E-state index contributed by atoms with van der Waals surface area (Å²) in [7, 11) is 0. The highest BCUT2D eigenvalue weighted by molar-refractivity contribution is 5.79. The second-order valence-electron chi connectivity index (χ2n) is 4.57. The number of piperidine rings is 1. The number of likely N-dealkylation sites (tertiary alicyclic amines) is 1. The van der Waals surface area contributed by atoms with Gasteiger partial charge in [0, 0.05) is 19.1 Å². The van der Waals surface area contributed by atoms with Gasteiger partial charge < -0.3 is 10.2 Å². The molecule has 80 valence electrons. The fourth-order valence-corrected chi connectivity index (χ4v) is 2.56. The number of nitrogens with one attached hydrogen (secondary N) is 1. The van der Waals surface area contributed by atoms with E-state index >= 15 is 0 Å². The largest absolute Gasteiger partial charge is 0.340 e. The van der Waals surface area contributed by atoms with Crippen LogP contribution in [0.2, 0.25) is 0 Å². The van der Waals surface area contributed by atoms with Crippen molar-refractivity contribution in [1.82, 2.24) is 10.2 Å². The molecule has 0 aliphatic carbocycles. The molecule has 2 aliphatic rings. The molecule has 2 atom stereocenters. The maximum atomic E-state index is 12.1. The first kappa shape index (κ1) is 9.97. The average molecular weight is 196 g/mol. The quantitative estimate of drug-likeness (QED) is 0.678. The van der Waals surface area contributed by atoms with Crippen LogP contribution in [-0.4, -0.2) is 36.5 Å². The van der Waals surface area contributed by atoms with E-state index in [2.05, 4.69) is 17.1 Å². The van der Waals surface area contributed by atoms with Crippen LogP contribution in [0.1, 0.15) is 32.6 Å². The summed E-state index contributed by atoms with van der Waals surface area (Å²) in [4.78, 5) is 14.2. The Morgan fingerprint density at radius 1 is 1.36 bits per heavy atom. The molecule has 1 amide bonds. The van der Waals surface area contributed by atoms with Crippen LogP contribution < -0.4 is 5.32 Å². The highest BCUT2D eigenvalue weighted by Gasteiger charge is 2.31.